The fraction of sp³-hybridized carbons (Fsp3) is 0.312. The zero-order valence-electron chi connectivity index (χ0n) is 11.7. The highest BCUT2D eigenvalue weighted by atomic mass is 32.1. The molecular weight excluding hydrogens is 270 g/mol. The molecule has 1 heterocycles. The summed E-state index contributed by atoms with van der Waals surface area (Å²) >= 11 is 1.34. The quantitative estimate of drug-likeness (QED) is 0.856. The Morgan fingerprint density at radius 3 is 2.65 bits per heavy atom. The number of aryl methyl sites for hydroxylation is 1. The molecule has 0 bridgehead atoms. The number of carboxylic acids is 1. The predicted octanol–water partition coefficient (Wildman–Crippen LogP) is 3.48. The van der Waals surface area contributed by atoms with Crippen LogP contribution in [0.1, 0.15) is 32.6 Å². The molecule has 0 aliphatic rings. The van der Waals surface area contributed by atoms with Crippen molar-refractivity contribution >= 4 is 17.3 Å². The maximum absolute atomic E-state index is 10.9. The second-order valence-corrected chi connectivity index (χ2v) is 6.23. The first-order valence-electron chi connectivity index (χ1n) is 6.66. The Morgan fingerprint density at radius 2 is 2.05 bits per heavy atom. The third-order valence-corrected chi connectivity index (χ3v) is 4.34. The summed E-state index contributed by atoms with van der Waals surface area (Å²) in [6.07, 6.45) is 0.968. The summed E-state index contributed by atoms with van der Waals surface area (Å²) in [5.74, 6) is -0.846. The highest BCUT2D eigenvalue weighted by molar-refractivity contribution is 7.14. The molecule has 2 N–H and O–H groups in total. The number of carboxylic acid groups (broad SMARTS) is 1. The summed E-state index contributed by atoms with van der Waals surface area (Å²) in [6, 6.07) is 12.5. The van der Waals surface area contributed by atoms with Crippen LogP contribution in [0.3, 0.4) is 0 Å². The number of nitrogens with one attached hydrogen (secondary N) is 1. The Labute approximate surface area is 123 Å². The zero-order valence-corrected chi connectivity index (χ0v) is 12.5. The molecule has 1 atom stereocenters. The number of aromatic carboxylic acids is 1. The van der Waals surface area contributed by atoms with Gasteiger partial charge in [0, 0.05) is 17.5 Å². The van der Waals surface area contributed by atoms with Crippen LogP contribution in [0.15, 0.2) is 36.4 Å². The van der Waals surface area contributed by atoms with Gasteiger partial charge >= 0.3 is 5.97 Å². The second-order valence-electron chi connectivity index (χ2n) is 4.97. The molecule has 0 amide bonds. The van der Waals surface area contributed by atoms with Gasteiger partial charge in [-0.25, -0.2) is 4.79 Å². The number of rotatable bonds is 6. The van der Waals surface area contributed by atoms with Crippen molar-refractivity contribution in [2.45, 2.75) is 32.9 Å². The summed E-state index contributed by atoms with van der Waals surface area (Å²) < 4.78 is 0. The summed E-state index contributed by atoms with van der Waals surface area (Å²) in [6.45, 7) is 4.83. The van der Waals surface area contributed by atoms with Gasteiger partial charge in [0.25, 0.3) is 0 Å². The molecule has 106 valence electrons. The Morgan fingerprint density at radius 1 is 1.35 bits per heavy atom. The van der Waals surface area contributed by atoms with Crippen molar-refractivity contribution in [2.24, 2.45) is 0 Å². The predicted molar refractivity (Wildman–Crippen MR) is 82.5 cm³/mol. The first kappa shape index (κ1) is 14.8. The van der Waals surface area contributed by atoms with Gasteiger partial charge in [-0.3, -0.25) is 0 Å². The number of hydrogen-bond donors (Lipinski definition) is 2. The average Bonchev–Trinajstić information content (AvgIpc) is 2.79. The van der Waals surface area contributed by atoms with E-state index in [2.05, 4.69) is 24.4 Å². The van der Waals surface area contributed by atoms with Crippen LogP contribution < -0.4 is 5.32 Å². The smallest absolute Gasteiger partial charge is 0.345 e. The molecule has 1 aromatic heterocycles. The molecule has 0 saturated heterocycles. The van der Waals surface area contributed by atoms with Gasteiger partial charge in [-0.2, -0.15) is 0 Å². The van der Waals surface area contributed by atoms with E-state index in [1.165, 1.54) is 16.9 Å². The van der Waals surface area contributed by atoms with Crippen LogP contribution in [-0.2, 0) is 13.0 Å². The van der Waals surface area contributed by atoms with Crippen LogP contribution >= 0.6 is 11.3 Å². The summed E-state index contributed by atoms with van der Waals surface area (Å²) in [7, 11) is 0. The van der Waals surface area contributed by atoms with Crippen LogP contribution in [0.2, 0.25) is 0 Å². The van der Waals surface area contributed by atoms with E-state index in [1.54, 1.807) is 6.07 Å². The maximum Gasteiger partial charge on any atom is 0.345 e. The third-order valence-electron chi connectivity index (χ3n) is 3.26. The molecule has 2 rings (SSSR count). The van der Waals surface area contributed by atoms with Gasteiger partial charge < -0.3 is 10.4 Å². The third kappa shape index (κ3) is 3.92. The topological polar surface area (TPSA) is 49.3 Å². The van der Waals surface area contributed by atoms with Gasteiger partial charge in [-0.05, 0) is 37.5 Å². The summed E-state index contributed by atoms with van der Waals surface area (Å²) in [5.41, 5.74) is 2.38. The Balaban J connectivity index is 1.90. The minimum atomic E-state index is -0.846. The van der Waals surface area contributed by atoms with Crippen LogP contribution in [0.4, 0.5) is 0 Å². The number of carbonyl (C=O) groups is 1. The van der Waals surface area contributed by atoms with Crippen molar-refractivity contribution in [3.05, 3.63) is 57.3 Å². The van der Waals surface area contributed by atoms with Crippen molar-refractivity contribution in [1.82, 2.24) is 5.32 Å². The first-order valence-corrected chi connectivity index (χ1v) is 7.48. The number of hydrogen-bond acceptors (Lipinski definition) is 3. The summed E-state index contributed by atoms with van der Waals surface area (Å²) in [4.78, 5) is 12.4. The number of thiophene rings is 1. The van der Waals surface area contributed by atoms with Gasteiger partial charge in [0.1, 0.15) is 4.88 Å². The van der Waals surface area contributed by atoms with Crippen LogP contribution in [-0.4, -0.2) is 17.1 Å². The molecule has 4 heteroatoms. The van der Waals surface area contributed by atoms with Crippen molar-refractivity contribution < 1.29 is 9.90 Å². The standard InChI is InChI=1S/C16H19NO2S/c1-11(8-13-6-4-3-5-7-13)17-10-14-9-15(16(18)19)20-12(14)2/h3-7,9,11,17H,8,10H2,1-2H3,(H,18,19). The molecule has 0 radical (unpaired) electrons. The molecular formula is C16H19NO2S. The molecule has 20 heavy (non-hydrogen) atoms. The van der Waals surface area contributed by atoms with Crippen molar-refractivity contribution in [2.75, 3.05) is 0 Å². The van der Waals surface area contributed by atoms with Crippen LogP contribution in [0, 0.1) is 6.92 Å². The van der Waals surface area contributed by atoms with E-state index in [0.717, 1.165) is 16.9 Å². The molecule has 0 aliphatic heterocycles. The van der Waals surface area contributed by atoms with E-state index in [1.807, 2.05) is 25.1 Å². The molecule has 0 aliphatic carbocycles. The Hall–Kier alpha value is -1.65. The Kier molecular flexibility index (Phi) is 4.93. The lowest BCUT2D eigenvalue weighted by atomic mass is 10.1. The van der Waals surface area contributed by atoms with E-state index in [9.17, 15) is 4.79 Å². The van der Waals surface area contributed by atoms with Gasteiger partial charge in [0.15, 0.2) is 0 Å². The summed E-state index contributed by atoms with van der Waals surface area (Å²) in [5, 5.41) is 12.4. The fourth-order valence-corrected chi connectivity index (χ4v) is 3.01. The second kappa shape index (κ2) is 6.68. The minimum Gasteiger partial charge on any atom is -0.477 e. The molecule has 3 nitrogen and oxygen atoms in total. The van der Waals surface area contributed by atoms with Crippen molar-refractivity contribution in [3.63, 3.8) is 0 Å². The minimum absolute atomic E-state index is 0.352. The van der Waals surface area contributed by atoms with Gasteiger partial charge in [0.05, 0.1) is 0 Å². The van der Waals surface area contributed by atoms with E-state index >= 15 is 0 Å². The highest BCUT2D eigenvalue weighted by Gasteiger charge is 2.11. The molecule has 0 fully saturated rings. The van der Waals surface area contributed by atoms with E-state index < -0.39 is 5.97 Å². The van der Waals surface area contributed by atoms with Crippen LogP contribution in [0.25, 0.3) is 0 Å². The van der Waals surface area contributed by atoms with Gasteiger partial charge in [-0.1, -0.05) is 30.3 Å². The van der Waals surface area contributed by atoms with Gasteiger partial charge in [0.2, 0.25) is 0 Å². The molecule has 0 spiro atoms. The zero-order chi connectivity index (χ0) is 14.5. The normalized spacial score (nSPS) is 12.3. The molecule has 2 aromatic rings. The lowest BCUT2D eigenvalue weighted by Crippen LogP contribution is -2.27. The Bertz CT molecular complexity index is 577. The molecule has 0 saturated carbocycles. The van der Waals surface area contributed by atoms with E-state index in [0.29, 0.717) is 17.5 Å². The van der Waals surface area contributed by atoms with Gasteiger partial charge in [-0.15, -0.1) is 11.3 Å². The fourth-order valence-electron chi connectivity index (χ4n) is 2.12. The molecule has 1 aromatic carbocycles. The monoisotopic (exact) mass is 289 g/mol. The lowest BCUT2D eigenvalue weighted by Gasteiger charge is -2.13. The van der Waals surface area contributed by atoms with E-state index in [-0.39, 0.29) is 0 Å². The maximum atomic E-state index is 10.9. The van der Waals surface area contributed by atoms with Crippen LogP contribution in [0.5, 0.6) is 0 Å². The average molecular weight is 289 g/mol. The largest absolute Gasteiger partial charge is 0.477 e. The first-order chi connectivity index (χ1) is 9.56. The number of benzene rings is 1. The SMILES string of the molecule is Cc1sc(C(=O)O)cc1CNC(C)Cc1ccccc1. The van der Waals surface area contributed by atoms with E-state index in [4.69, 9.17) is 5.11 Å². The lowest BCUT2D eigenvalue weighted by molar-refractivity contribution is 0.0702. The molecule has 1 unspecified atom stereocenters. The highest BCUT2D eigenvalue weighted by Crippen LogP contribution is 2.21. The van der Waals surface area contributed by atoms with Crippen molar-refractivity contribution in [3.8, 4) is 0 Å². The van der Waals surface area contributed by atoms with Crippen molar-refractivity contribution in [1.29, 1.82) is 0 Å².